The maximum atomic E-state index is 2.94. The molecule has 0 heterocycles. The third kappa shape index (κ3) is 7.08. The van der Waals surface area contributed by atoms with Crippen LogP contribution < -0.4 is 10.6 Å². The van der Waals surface area contributed by atoms with Crippen LogP contribution in [-0.4, -0.2) is 14.1 Å². The molecular formula is C8H16N2. The van der Waals surface area contributed by atoms with Crippen molar-refractivity contribution in [2.75, 3.05) is 14.1 Å². The number of rotatable bonds is 5. The Labute approximate surface area is 63.0 Å². The number of nitrogens with one attached hydrogen (secondary N) is 2. The lowest BCUT2D eigenvalue weighted by atomic mass is 10.3. The molecule has 0 unspecified atom stereocenters. The van der Waals surface area contributed by atoms with Gasteiger partial charge in [-0.25, -0.2) is 0 Å². The maximum absolute atomic E-state index is 2.94. The summed E-state index contributed by atoms with van der Waals surface area (Å²) in [6, 6.07) is 0. The molecule has 2 nitrogen and oxygen atoms in total. The molecule has 0 radical (unpaired) electrons. The third-order valence-corrected chi connectivity index (χ3v) is 1.07. The Morgan fingerprint density at radius 1 is 0.900 bits per heavy atom. The summed E-state index contributed by atoms with van der Waals surface area (Å²) < 4.78 is 0. The average Bonchev–Trinajstić information content (AvgIpc) is 1.97. The van der Waals surface area contributed by atoms with E-state index in [1.54, 1.807) is 0 Å². The van der Waals surface area contributed by atoms with Crippen LogP contribution in [0.2, 0.25) is 0 Å². The summed E-state index contributed by atoms with van der Waals surface area (Å²) in [5.74, 6) is 0. The third-order valence-electron chi connectivity index (χ3n) is 1.07. The fourth-order valence-electron chi connectivity index (χ4n) is 0.595. The lowest BCUT2D eigenvalue weighted by Gasteiger charge is -1.87. The highest BCUT2D eigenvalue weighted by Crippen LogP contribution is 1.89. The number of hydrogen-bond acceptors (Lipinski definition) is 2. The van der Waals surface area contributed by atoms with Crippen molar-refractivity contribution >= 4 is 0 Å². The lowest BCUT2D eigenvalue weighted by Crippen LogP contribution is -1.91. The molecule has 0 atom stereocenters. The van der Waals surface area contributed by atoms with Gasteiger partial charge < -0.3 is 10.6 Å². The Morgan fingerprint density at radius 3 is 1.60 bits per heavy atom. The highest BCUT2D eigenvalue weighted by molar-refractivity contribution is 4.84. The summed E-state index contributed by atoms with van der Waals surface area (Å²) in [7, 11) is 3.81. The largest absolute Gasteiger partial charge is 0.394 e. The van der Waals surface area contributed by atoms with Crippen LogP contribution in [0.25, 0.3) is 0 Å². The highest BCUT2D eigenvalue weighted by Gasteiger charge is 1.73. The first-order chi connectivity index (χ1) is 4.91. The normalized spacial score (nSPS) is 11.0. The first kappa shape index (κ1) is 9.08. The molecule has 0 aliphatic rings. The molecule has 10 heavy (non-hydrogen) atoms. The van der Waals surface area contributed by atoms with Crippen molar-refractivity contribution in [2.45, 2.75) is 12.8 Å². The zero-order valence-electron chi connectivity index (χ0n) is 6.72. The smallest absolute Gasteiger partial charge is 0.00276 e. The van der Waals surface area contributed by atoms with Gasteiger partial charge in [0.1, 0.15) is 0 Å². The van der Waals surface area contributed by atoms with E-state index in [0.717, 1.165) is 12.8 Å². The fraction of sp³-hybridized carbons (Fsp3) is 0.500. The molecule has 58 valence electrons. The van der Waals surface area contributed by atoms with Crippen LogP contribution in [0, 0.1) is 0 Å². The van der Waals surface area contributed by atoms with Crippen LogP contribution in [0.15, 0.2) is 24.6 Å². The molecule has 0 bridgehead atoms. The number of allylic oxidation sites excluding steroid dienone is 2. The first-order valence-electron chi connectivity index (χ1n) is 3.56. The second-order valence-corrected chi connectivity index (χ2v) is 1.96. The van der Waals surface area contributed by atoms with Gasteiger partial charge in [0.2, 0.25) is 0 Å². The summed E-state index contributed by atoms with van der Waals surface area (Å²) in [6.45, 7) is 0. The van der Waals surface area contributed by atoms with E-state index < -0.39 is 0 Å². The van der Waals surface area contributed by atoms with Gasteiger partial charge in [0.05, 0.1) is 0 Å². The van der Waals surface area contributed by atoms with Crippen LogP contribution in [0.4, 0.5) is 0 Å². The van der Waals surface area contributed by atoms with E-state index in [1.165, 1.54) is 0 Å². The summed E-state index contributed by atoms with van der Waals surface area (Å²) in [5, 5.41) is 5.88. The van der Waals surface area contributed by atoms with Gasteiger partial charge in [0.25, 0.3) is 0 Å². The topological polar surface area (TPSA) is 24.1 Å². The second kappa shape index (κ2) is 8.08. The van der Waals surface area contributed by atoms with Crippen molar-refractivity contribution < 1.29 is 0 Å². The fourth-order valence-corrected chi connectivity index (χ4v) is 0.595. The summed E-state index contributed by atoms with van der Waals surface area (Å²) in [5.41, 5.74) is 0. The van der Waals surface area contributed by atoms with Gasteiger partial charge in [-0.1, -0.05) is 12.2 Å². The van der Waals surface area contributed by atoms with E-state index >= 15 is 0 Å². The van der Waals surface area contributed by atoms with E-state index in [4.69, 9.17) is 0 Å². The van der Waals surface area contributed by atoms with E-state index in [0.29, 0.717) is 0 Å². The SMILES string of the molecule is CN/C=C\CC/C=C\NC. The zero-order chi connectivity index (χ0) is 7.66. The Morgan fingerprint density at radius 2 is 1.30 bits per heavy atom. The van der Waals surface area contributed by atoms with Crippen LogP contribution in [0.5, 0.6) is 0 Å². The van der Waals surface area contributed by atoms with Crippen LogP contribution in [0.3, 0.4) is 0 Å². The van der Waals surface area contributed by atoms with E-state index in [1.807, 2.05) is 26.5 Å². The van der Waals surface area contributed by atoms with Gasteiger partial charge in [0.15, 0.2) is 0 Å². The molecule has 0 aromatic rings. The number of hydrogen-bond donors (Lipinski definition) is 2. The minimum Gasteiger partial charge on any atom is -0.394 e. The first-order valence-corrected chi connectivity index (χ1v) is 3.56. The molecule has 0 aliphatic heterocycles. The summed E-state index contributed by atoms with van der Waals surface area (Å²) in [6.07, 6.45) is 10.3. The second-order valence-electron chi connectivity index (χ2n) is 1.96. The van der Waals surface area contributed by atoms with E-state index in [2.05, 4.69) is 22.8 Å². The van der Waals surface area contributed by atoms with Crippen molar-refractivity contribution in [3.63, 3.8) is 0 Å². The van der Waals surface area contributed by atoms with Crippen LogP contribution >= 0.6 is 0 Å². The molecule has 0 amide bonds. The minimum absolute atomic E-state index is 1.10. The Kier molecular flexibility index (Phi) is 7.34. The molecule has 0 aromatic heterocycles. The minimum atomic E-state index is 1.10. The molecule has 2 N–H and O–H groups in total. The standard InChI is InChI=1S/C8H16N2/c1-9-7-5-3-4-6-8-10-2/h5-10H,3-4H2,1-2H3/b7-5-,8-6-. The quantitative estimate of drug-likeness (QED) is 0.561. The molecule has 0 fully saturated rings. The van der Waals surface area contributed by atoms with E-state index in [9.17, 15) is 0 Å². The van der Waals surface area contributed by atoms with Crippen molar-refractivity contribution in [1.29, 1.82) is 0 Å². The molecule has 2 heteroatoms. The van der Waals surface area contributed by atoms with Gasteiger partial charge in [-0.15, -0.1) is 0 Å². The predicted octanol–water partition coefficient (Wildman–Crippen LogP) is 1.23. The molecule has 0 saturated carbocycles. The zero-order valence-corrected chi connectivity index (χ0v) is 6.72. The van der Waals surface area contributed by atoms with Crippen LogP contribution in [0.1, 0.15) is 12.8 Å². The van der Waals surface area contributed by atoms with Gasteiger partial charge in [-0.3, -0.25) is 0 Å². The molecule has 0 aliphatic carbocycles. The molecule has 0 rings (SSSR count). The van der Waals surface area contributed by atoms with Gasteiger partial charge in [-0.2, -0.15) is 0 Å². The highest BCUT2D eigenvalue weighted by atomic mass is 14.8. The van der Waals surface area contributed by atoms with Gasteiger partial charge in [0, 0.05) is 14.1 Å². The van der Waals surface area contributed by atoms with Gasteiger partial charge >= 0.3 is 0 Å². The van der Waals surface area contributed by atoms with Crippen LogP contribution in [-0.2, 0) is 0 Å². The number of unbranched alkanes of at least 4 members (excludes halogenated alkanes) is 1. The summed E-state index contributed by atoms with van der Waals surface area (Å²) in [4.78, 5) is 0. The molecular weight excluding hydrogens is 124 g/mol. The Bertz CT molecular complexity index is 91.8. The lowest BCUT2D eigenvalue weighted by molar-refractivity contribution is 0.993. The van der Waals surface area contributed by atoms with Crippen molar-refractivity contribution in [3.8, 4) is 0 Å². The van der Waals surface area contributed by atoms with Crippen molar-refractivity contribution in [1.82, 2.24) is 10.6 Å². The monoisotopic (exact) mass is 140 g/mol. The Balaban J connectivity index is 3.04. The van der Waals surface area contributed by atoms with Gasteiger partial charge in [-0.05, 0) is 25.2 Å². The molecule has 0 spiro atoms. The average molecular weight is 140 g/mol. The molecule has 0 saturated heterocycles. The predicted molar refractivity (Wildman–Crippen MR) is 45.6 cm³/mol. The maximum Gasteiger partial charge on any atom is 0.00276 e. The van der Waals surface area contributed by atoms with Crippen molar-refractivity contribution in [3.05, 3.63) is 24.6 Å². The Hall–Kier alpha value is -0.920. The van der Waals surface area contributed by atoms with Crippen molar-refractivity contribution in [2.24, 2.45) is 0 Å². The molecule has 0 aromatic carbocycles. The van der Waals surface area contributed by atoms with E-state index in [-0.39, 0.29) is 0 Å². The summed E-state index contributed by atoms with van der Waals surface area (Å²) >= 11 is 0.